The van der Waals surface area contributed by atoms with Crippen LogP contribution in [-0.2, 0) is 0 Å². The first-order valence-electron chi connectivity index (χ1n) is 6.80. The number of halogens is 2. The number of carbonyl (C=O) groups is 1. The molecule has 0 heterocycles. The van der Waals surface area contributed by atoms with Gasteiger partial charge in [-0.25, -0.2) is 4.39 Å². The van der Waals surface area contributed by atoms with Crippen molar-refractivity contribution in [3.63, 3.8) is 0 Å². The molecule has 0 saturated carbocycles. The van der Waals surface area contributed by atoms with Gasteiger partial charge in [-0.05, 0) is 47.5 Å². The van der Waals surface area contributed by atoms with Gasteiger partial charge in [-0.2, -0.15) is 0 Å². The number of rotatable bonds is 7. The van der Waals surface area contributed by atoms with Crippen molar-refractivity contribution >= 4 is 21.8 Å². The molecule has 1 atom stereocenters. The summed E-state index contributed by atoms with van der Waals surface area (Å²) in [7, 11) is 0. The van der Waals surface area contributed by atoms with E-state index in [-0.39, 0.29) is 11.9 Å². The first kappa shape index (κ1) is 16.2. The molecule has 0 saturated heterocycles. The molecule has 1 aromatic carbocycles. The van der Waals surface area contributed by atoms with Crippen molar-refractivity contribution in [3.05, 3.63) is 34.1 Å². The van der Waals surface area contributed by atoms with Crippen LogP contribution in [0.15, 0.2) is 22.7 Å². The third-order valence-electron chi connectivity index (χ3n) is 3.05. The number of unbranched alkanes of at least 4 members (excludes halogenated alkanes) is 3. The van der Waals surface area contributed by atoms with Gasteiger partial charge in [0.25, 0.3) is 5.91 Å². The lowest BCUT2D eigenvalue weighted by molar-refractivity contribution is 0.0937. The quantitative estimate of drug-likeness (QED) is 0.723. The predicted octanol–water partition coefficient (Wildman–Crippen LogP) is 4.68. The lowest BCUT2D eigenvalue weighted by Crippen LogP contribution is -2.32. The fourth-order valence-electron chi connectivity index (χ4n) is 1.89. The summed E-state index contributed by atoms with van der Waals surface area (Å²) in [5.74, 6) is -0.627. The van der Waals surface area contributed by atoms with Gasteiger partial charge in [-0.3, -0.25) is 4.79 Å². The molecule has 0 radical (unpaired) electrons. The van der Waals surface area contributed by atoms with E-state index in [0.717, 1.165) is 12.8 Å². The number of hydrogen-bond acceptors (Lipinski definition) is 1. The summed E-state index contributed by atoms with van der Waals surface area (Å²) in [6, 6.07) is 4.54. The fourth-order valence-corrected chi connectivity index (χ4v) is 2.14. The van der Waals surface area contributed by atoms with Gasteiger partial charge in [0.1, 0.15) is 5.82 Å². The highest BCUT2D eigenvalue weighted by Crippen LogP contribution is 2.16. The van der Waals surface area contributed by atoms with E-state index in [1.54, 1.807) is 12.1 Å². The van der Waals surface area contributed by atoms with Gasteiger partial charge in [0.05, 0.1) is 4.47 Å². The molecule has 0 aliphatic rings. The van der Waals surface area contributed by atoms with Crippen LogP contribution in [0.3, 0.4) is 0 Å². The molecular formula is C15H21BrFNO. The average molecular weight is 330 g/mol. The Morgan fingerprint density at radius 3 is 2.74 bits per heavy atom. The average Bonchev–Trinajstić information content (AvgIpc) is 2.38. The van der Waals surface area contributed by atoms with Crippen molar-refractivity contribution in [2.75, 3.05) is 0 Å². The van der Waals surface area contributed by atoms with Gasteiger partial charge in [-0.15, -0.1) is 0 Å². The Bertz CT molecular complexity index is 423. The van der Waals surface area contributed by atoms with Crippen LogP contribution >= 0.6 is 15.9 Å². The Morgan fingerprint density at radius 1 is 1.37 bits per heavy atom. The van der Waals surface area contributed by atoms with Crippen molar-refractivity contribution in [3.8, 4) is 0 Å². The molecule has 1 unspecified atom stereocenters. The van der Waals surface area contributed by atoms with Crippen LogP contribution in [0.5, 0.6) is 0 Å². The Kier molecular flexibility index (Phi) is 7.06. The van der Waals surface area contributed by atoms with Crippen LogP contribution in [0, 0.1) is 5.82 Å². The van der Waals surface area contributed by atoms with Gasteiger partial charge < -0.3 is 5.32 Å². The maximum absolute atomic E-state index is 13.3. The summed E-state index contributed by atoms with van der Waals surface area (Å²) < 4.78 is 13.7. The largest absolute Gasteiger partial charge is 0.350 e. The normalized spacial score (nSPS) is 12.2. The molecule has 0 aromatic heterocycles. The summed E-state index contributed by atoms with van der Waals surface area (Å²) in [4.78, 5) is 11.9. The standard InChI is InChI=1S/C15H21BrFNO/c1-3-4-5-6-7-11(2)18-15(19)12-8-9-13(16)14(17)10-12/h8-11H,3-7H2,1-2H3,(H,18,19). The van der Waals surface area contributed by atoms with Crippen molar-refractivity contribution in [2.45, 2.75) is 52.0 Å². The number of nitrogens with one attached hydrogen (secondary N) is 1. The molecule has 1 N–H and O–H groups in total. The topological polar surface area (TPSA) is 29.1 Å². The van der Waals surface area contributed by atoms with Crippen LogP contribution in [0.1, 0.15) is 56.3 Å². The Hall–Kier alpha value is -0.900. The van der Waals surface area contributed by atoms with Crippen molar-refractivity contribution in [1.29, 1.82) is 0 Å². The van der Waals surface area contributed by atoms with Crippen LogP contribution < -0.4 is 5.32 Å². The van der Waals surface area contributed by atoms with Crippen LogP contribution in [0.25, 0.3) is 0 Å². The number of hydrogen-bond donors (Lipinski definition) is 1. The number of benzene rings is 1. The van der Waals surface area contributed by atoms with Gasteiger partial charge in [0, 0.05) is 11.6 Å². The van der Waals surface area contributed by atoms with E-state index in [4.69, 9.17) is 0 Å². The molecular weight excluding hydrogens is 309 g/mol. The van der Waals surface area contributed by atoms with Gasteiger partial charge in [-0.1, -0.05) is 32.6 Å². The zero-order valence-electron chi connectivity index (χ0n) is 11.5. The van der Waals surface area contributed by atoms with E-state index < -0.39 is 5.82 Å². The minimum Gasteiger partial charge on any atom is -0.350 e. The van der Waals surface area contributed by atoms with E-state index in [1.165, 1.54) is 25.3 Å². The maximum Gasteiger partial charge on any atom is 0.251 e. The molecule has 0 fully saturated rings. The maximum atomic E-state index is 13.3. The van der Waals surface area contributed by atoms with E-state index in [2.05, 4.69) is 28.2 Å². The molecule has 0 aliphatic carbocycles. The fraction of sp³-hybridized carbons (Fsp3) is 0.533. The molecule has 0 aliphatic heterocycles. The second kappa shape index (κ2) is 8.31. The second-order valence-corrected chi connectivity index (χ2v) is 5.71. The van der Waals surface area contributed by atoms with Gasteiger partial charge in [0.15, 0.2) is 0 Å². The van der Waals surface area contributed by atoms with E-state index >= 15 is 0 Å². The monoisotopic (exact) mass is 329 g/mol. The third-order valence-corrected chi connectivity index (χ3v) is 3.69. The number of amides is 1. The summed E-state index contributed by atoms with van der Waals surface area (Å²) >= 11 is 3.07. The molecule has 0 spiro atoms. The van der Waals surface area contributed by atoms with E-state index in [9.17, 15) is 9.18 Å². The van der Waals surface area contributed by atoms with Crippen LogP contribution in [0.4, 0.5) is 4.39 Å². The van der Waals surface area contributed by atoms with Crippen LogP contribution in [-0.4, -0.2) is 11.9 Å². The predicted molar refractivity (Wildman–Crippen MR) is 79.8 cm³/mol. The first-order chi connectivity index (χ1) is 9.04. The molecule has 1 rings (SSSR count). The molecule has 0 bridgehead atoms. The Morgan fingerprint density at radius 2 is 2.11 bits per heavy atom. The SMILES string of the molecule is CCCCCCC(C)NC(=O)c1ccc(Br)c(F)c1. The van der Waals surface area contributed by atoms with Gasteiger partial charge >= 0.3 is 0 Å². The first-order valence-corrected chi connectivity index (χ1v) is 7.59. The van der Waals surface area contributed by atoms with E-state index in [0.29, 0.717) is 10.0 Å². The summed E-state index contributed by atoms with van der Waals surface area (Å²) in [6.45, 7) is 4.16. The number of carbonyl (C=O) groups excluding carboxylic acids is 1. The Labute approximate surface area is 122 Å². The zero-order valence-corrected chi connectivity index (χ0v) is 13.1. The highest BCUT2D eigenvalue weighted by atomic mass is 79.9. The smallest absolute Gasteiger partial charge is 0.251 e. The molecule has 19 heavy (non-hydrogen) atoms. The van der Waals surface area contributed by atoms with Crippen molar-refractivity contribution in [2.24, 2.45) is 0 Å². The second-order valence-electron chi connectivity index (χ2n) is 4.85. The summed E-state index contributed by atoms with van der Waals surface area (Å²) in [5, 5.41) is 2.90. The minimum atomic E-state index is -0.414. The van der Waals surface area contributed by atoms with E-state index in [1.807, 2.05) is 6.92 Å². The lowest BCUT2D eigenvalue weighted by Gasteiger charge is -2.14. The molecule has 1 amide bonds. The van der Waals surface area contributed by atoms with Gasteiger partial charge in [0.2, 0.25) is 0 Å². The summed E-state index contributed by atoms with van der Waals surface area (Å²) in [6.07, 6.45) is 5.72. The van der Waals surface area contributed by atoms with Crippen molar-refractivity contribution in [1.82, 2.24) is 5.32 Å². The lowest BCUT2D eigenvalue weighted by atomic mass is 10.1. The molecule has 2 nitrogen and oxygen atoms in total. The highest BCUT2D eigenvalue weighted by molar-refractivity contribution is 9.10. The van der Waals surface area contributed by atoms with Crippen molar-refractivity contribution < 1.29 is 9.18 Å². The molecule has 1 aromatic rings. The minimum absolute atomic E-state index is 0.121. The third kappa shape index (κ3) is 5.72. The highest BCUT2D eigenvalue weighted by Gasteiger charge is 2.11. The zero-order chi connectivity index (χ0) is 14.3. The molecule has 4 heteroatoms. The molecule has 106 valence electrons. The summed E-state index contributed by atoms with van der Waals surface area (Å²) in [5.41, 5.74) is 0.362. The van der Waals surface area contributed by atoms with Crippen LogP contribution in [0.2, 0.25) is 0 Å². The Balaban J connectivity index is 2.43.